The fourth-order valence-corrected chi connectivity index (χ4v) is 3.42. The van der Waals surface area contributed by atoms with E-state index in [-0.39, 0.29) is 0 Å². The second-order valence-electron chi connectivity index (χ2n) is 7.39. The van der Waals surface area contributed by atoms with E-state index in [4.69, 9.17) is 21.1 Å². The molecule has 0 aliphatic heterocycles. The van der Waals surface area contributed by atoms with Crippen molar-refractivity contribution in [1.29, 1.82) is 0 Å². The minimum absolute atomic E-state index is 0.296. The molecule has 0 saturated heterocycles. The van der Waals surface area contributed by atoms with Gasteiger partial charge in [0, 0.05) is 27.9 Å². The Morgan fingerprint density at radius 3 is 2.66 bits per heavy atom. The Balaban J connectivity index is 1.31. The number of nitrogens with zero attached hydrogens (tertiary/aromatic N) is 2. The molecule has 0 aliphatic carbocycles. The van der Waals surface area contributed by atoms with Crippen LogP contribution in [0.3, 0.4) is 0 Å². The summed E-state index contributed by atoms with van der Waals surface area (Å²) in [4.78, 5) is 12.4. The third kappa shape index (κ3) is 6.37. The standard InChI is InChI=1S/C27H23ClN4O3/c1-34-26-11-5-3-7-20(26)9-6-16-29-32-27(33)25-17-24(30-31-25)19-12-14-22(15-13-19)35-18-21-8-2-4-10-23(21)28/h2-17H,18H2,1H3,(H,30,31)(H,32,33). The molecule has 0 radical (unpaired) electrons. The molecule has 7 nitrogen and oxygen atoms in total. The van der Waals surface area contributed by atoms with Crippen LogP contribution < -0.4 is 14.9 Å². The predicted molar refractivity (Wildman–Crippen MR) is 138 cm³/mol. The molecule has 3 aromatic carbocycles. The lowest BCUT2D eigenvalue weighted by Crippen LogP contribution is -2.17. The summed E-state index contributed by atoms with van der Waals surface area (Å²) >= 11 is 6.17. The van der Waals surface area contributed by atoms with Gasteiger partial charge in [0.1, 0.15) is 23.8 Å². The molecule has 8 heteroatoms. The van der Waals surface area contributed by atoms with Gasteiger partial charge < -0.3 is 9.47 Å². The SMILES string of the molecule is COc1ccccc1C=CC=NNC(=O)c1cc(-c2ccc(OCc3ccccc3Cl)cc2)n[nH]1. The fourth-order valence-electron chi connectivity index (χ4n) is 3.23. The van der Waals surface area contributed by atoms with E-state index in [1.54, 1.807) is 19.3 Å². The highest BCUT2D eigenvalue weighted by Crippen LogP contribution is 2.23. The largest absolute Gasteiger partial charge is 0.496 e. The number of aromatic nitrogens is 2. The number of aromatic amines is 1. The van der Waals surface area contributed by atoms with Crippen LogP contribution >= 0.6 is 11.6 Å². The monoisotopic (exact) mass is 486 g/mol. The van der Waals surface area contributed by atoms with E-state index in [0.29, 0.717) is 28.8 Å². The number of halogens is 1. The van der Waals surface area contributed by atoms with Crippen molar-refractivity contribution in [2.75, 3.05) is 7.11 Å². The summed E-state index contributed by atoms with van der Waals surface area (Å²) in [5.41, 5.74) is 6.06. The third-order valence-electron chi connectivity index (χ3n) is 5.07. The first-order valence-electron chi connectivity index (χ1n) is 10.8. The number of hydrogen-bond donors (Lipinski definition) is 2. The Morgan fingerprint density at radius 1 is 1.09 bits per heavy atom. The number of hydrogen-bond acceptors (Lipinski definition) is 5. The van der Waals surface area contributed by atoms with Gasteiger partial charge in [0.2, 0.25) is 0 Å². The highest BCUT2D eigenvalue weighted by atomic mass is 35.5. The molecule has 0 unspecified atom stereocenters. The van der Waals surface area contributed by atoms with E-state index < -0.39 is 5.91 Å². The van der Waals surface area contributed by atoms with Crippen molar-refractivity contribution in [1.82, 2.24) is 15.6 Å². The van der Waals surface area contributed by atoms with Gasteiger partial charge in [0.05, 0.1) is 12.8 Å². The first kappa shape index (κ1) is 23.8. The van der Waals surface area contributed by atoms with Crippen molar-refractivity contribution in [2.45, 2.75) is 6.61 Å². The van der Waals surface area contributed by atoms with Crippen LogP contribution in [0.1, 0.15) is 21.6 Å². The van der Waals surface area contributed by atoms with E-state index >= 15 is 0 Å². The van der Waals surface area contributed by atoms with Crippen LogP contribution in [0, 0.1) is 0 Å². The van der Waals surface area contributed by atoms with Crippen molar-refractivity contribution < 1.29 is 14.3 Å². The second-order valence-corrected chi connectivity index (χ2v) is 7.80. The van der Waals surface area contributed by atoms with E-state index in [9.17, 15) is 4.79 Å². The molecule has 1 amide bonds. The van der Waals surface area contributed by atoms with Gasteiger partial charge in [0.15, 0.2) is 0 Å². The molecule has 0 saturated carbocycles. The first-order chi connectivity index (χ1) is 17.1. The maximum absolute atomic E-state index is 12.4. The molecule has 176 valence electrons. The van der Waals surface area contributed by atoms with E-state index in [1.165, 1.54) is 6.21 Å². The summed E-state index contributed by atoms with van der Waals surface area (Å²) in [6.45, 7) is 0.375. The van der Waals surface area contributed by atoms with Crippen LogP contribution in [0.5, 0.6) is 11.5 Å². The van der Waals surface area contributed by atoms with Gasteiger partial charge in [-0.1, -0.05) is 48.0 Å². The Kier molecular flexibility index (Phi) is 7.93. The zero-order valence-electron chi connectivity index (χ0n) is 18.9. The van der Waals surface area contributed by atoms with Crippen LogP contribution in [-0.4, -0.2) is 29.4 Å². The average molecular weight is 487 g/mol. The lowest BCUT2D eigenvalue weighted by Gasteiger charge is -2.08. The molecule has 0 fully saturated rings. The molecule has 0 spiro atoms. The summed E-state index contributed by atoms with van der Waals surface area (Å²) in [7, 11) is 1.62. The summed E-state index contributed by atoms with van der Waals surface area (Å²) < 4.78 is 11.1. The molecule has 1 heterocycles. The summed E-state index contributed by atoms with van der Waals surface area (Å²) in [5, 5.41) is 11.6. The number of benzene rings is 3. The van der Waals surface area contributed by atoms with Gasteiger partial charge in [-0.15, -0.1) is 0 Å². The molecule has 0 aliphatic rings. The normalized spacial score (nSPS) is 11.1. The highest BCUT2D eigenvalue weighted by molar-refractivity contribution is 6.31. The maximum atomic E-state index is 12.4. The molecular formula is C27H23ClN4O3. The van der Waals surface area contributed by atoms with E-state index in [2.05, 4.69) is 20.7 Å². The third-order valence-corrected chi connectivity index (χ3v) is 5.43. The number of rotatable bonds is 9. The minimum atomic E-state index is -0.398. The number of amides is 1. The van der Waals surface area contributed by atoms with Crippen LogP contribution in [-0.2, 0) is 6.61 Å². The number of ether oxygens (including phenoxy) is 2. The van der Waals surface area contributed by atoms with Crippen molar-refractivity contribution >= 4 is 29.8 Å². The maximum Gasteiger partial charge on any atom is 0.289 e. The summed E-state index contributed by atoms with van der Waals surface area (Å²) in [6.07, 6.45) is 5.04. The van der Waals surface area contributed by atoms with Gasteiger partial charge in [0.25, 0.3) is 5.91 Å². The zero-order chi connectivity index (χ0) is 24.5. The quantitative estimate of drug-likeness (QED) is 0.233. The number of para-hydroxylation sites is 1. The lowest BCUT2D eigenvalue weighted by atomic mass is 10.1. The topological polar surface area (TPSA) is 88.6 Å². The van der Waals surface area contributed by atoms with Crippen LogP contribution in [0.4, 0.5) is 0 Å². The van der Waals surface area contributed by atoms with Crippen molar-refractivity contribution in [3.05, 3.63) is 107 Å². The molecule has 35 heavy (non-hydrogen) atoms. The molecule has 4 aromatic rings. The smallest absolute Gasteiger partial charge is 0.289 e. The first-order valence-corrected chi connectivity index (χ1v) is 11.2. The number of nitrogens with one attached hydrogen (secondary N) is 2. The van der Waals surface area contributed by atoms with Crippen molar-refractivity contribution in [2.24, 2.45) is 5.10 Å². The number of H-pyrrole nitrogens is 1. The number of allylic oxidation sites excluding steroid dienone is 1. The van der Waals surface area contributed by atoms with Gasteiger partial charge in [-0.2, -0.15) is 10.2 Å². The van der Waals surface area contributed by atoms with Crippen molar-refractivity contribution in [3.63, 3.8) is 0 Å². The number of carbonyl (C=O) groups excluding carboxylic acids is 1. The van der Waals surface area contributed by atoms with Crippen LogP contribution in [0.15, 0.2) is 90.0 Å². The number of methoxy groups -OCH3 is 1. The summed E-state index contributed by atoms with van der Waals surface area (Å²) in [6, 6.07) is 24.3. The number of hydrazone groups is 1. The lowest BCUT2D eigenvalue weighted by molar-refractivity contribution is 0.0950. The van der Waals surface area contributed by atoms with Gasteiger partial charge >= 0.3 is 0 Å². The molecule has 0 bridgehead atoms. The van der Waals surface area contributed by atoms with Gasteiger partial charge in [-0.3, -0.25) is 9.89 Å². The highest BCUT2D eigenvalue weighted by Gasteiger charge is 2.10. The predicted octanol–water partition coefficient (Wildman–Crippen LogP) is 5.75. The van der Waals surface area contributed by atoms with Crippen LogP contribution in [0.25, 0.3) is 17.3 Å². The summed E-state index contributed by atoms with van der Waals surface area (Å²) in [5.74, 6) is 1.06. The Bertz CT molecular complexity index is 1350. The molecule has 2 N–H and O–H groups in total. The Labute approximate surface area is 208 Å². The van der Waals surface area contributed by atoms with Gasteiger partial charge in [-0.05, 0) is 54.6 Å². The second kappa shape index (κ2) is 11.7. The Hall–Kier alpha value is -4.36. The number of carbonyl (C=O) groups is 1. The van der Waals surface area contributed by atoms with Gasteiger partial charge in [-0.25, -0.2) is 5.43 Å². The van der Waals surface area contributed by atoms with E-state index in [1.807, 2.05) is 78.9 Å². The van der Waals surface area contributed by atoms with Crippen molar-refractivity contribution in [3.8, 4) is 22.8 Å². The Morgan fingerprint density at radius 2 is 1.86 bits per heavy atom. The fraction of sp³-hybridized carbons (Fsp3) is 0.0741. The molecule has 4 rings (SSSR count). The van der Waals surface area contributed by atoms with E-state index in [0.717, 1.165) is 22.4 Å². The van der Waals surface area contributed by atoms with Crippen LogP contribution in [0.2, 0.25) is 5.02 Å². The zero-order valence-corrected chi connectivity index (χ0v) is 19.7. The molecule has 0 atom stereocenters. The molecular weight excluding hydrogens is 464 g/mol. The average Bonchev–Trinajstić information content (AvgIpc) is 3.39. The molecule has 1 aromatic heterocycles. The minimum Gasteiger partial charge on any atom is -0.496 e.